The van der Waals surface area contributed by atoms with Gasteiger partial charge in [0.05, 0.1) is 33.9 Å². The Kier molecular flexibility index (Phi) is 6.04. The Bertz CT molecular complexity index is 908. The van der Waals surface area contributed by atoms with E-state index in [0.29, 0.717) is 17.5 Å². The summed E-state index contributed by atoms with van der Waals surface area (Å²) in [7, 11) is 1.29. The Morgan fingerprint density at radius 2 is 2.04 bits per heavy atom. The maximum atomic E-state index is 13.5. The molecular formula is C15H18F3N3O4S. The van der Waals surface area contributed by atoms with Crippen LogP contribution in [0.5, 0.6) is 0 Å². The summed E-state index contributed by atoms with van der Waals surface area (Å²) in [6, 6.07) is 1.79. The van der Waals surface area contributed by atoms with Crippen LogP contribution < -0.4 is 16.1 Å². The van der Waals surface area contributed by atoms with Gasteiger partial charge < -0.3 is 14.3 Å². The van der Waals surface area contributed by atoms with Crippen molar-refractivity contribution in [2.24, 2.45) is 0 Å². The molecule has 0 aliphatic heterocycles. The summed E-state index contributed by atoms with van der Waals surface area (Å²) in [5.74, 6) is 0. The van der Waals surface area contributed by atoms with Gasteiger partial charge in [-0.2, -0.15) is 13.2 Å². The van der Waals surface area contributed by atoms with Crippen molar-refractivity contribution in [3.8, 4) is 0 Å². The lowest BCUT2D eigenvalue weighted by Crippen LogP contribution is -2.43. The lowest BCUT2D eigenvalue weighted by molar-refractivity contribution is -0.139. The number of hydrogen-bond donors (Lipinski definition) is 2. The number of aromatic nitrogens is 2. The molecule has 1 aromatic heterocycles. The first kappa shape index (κ1) is 20.3. The van der Waals surface area contributed by atoms with Crippen LogP contribution in [-0.4, -0.2) is 27.6 Å². The minimum Gasteiger partial charge on any atom is -0.592 e. The van der Waals surface area contributed by atoms with E-state index in [9.17, 15) is 27.3 Å². The van der Waals surface area contributed by atoms with Gasteiger partial charge in [0.1, 0.15) is 6.26 Å². The van der Waals surface area contributed by atoms with Crippen molar-refractivity contribution in [2.75, 3.05) is 18.2 Å². The summed E-state index contributed by atoms with van der Waals surface area (Å²) in [5, 5.41) is -0.149. The number of nitrogens with zero attached hydrogens (tertiary/aromatic N) is 1. The predicted molar refractivity (Wildman–Crippen MR) is 91.9 cm³/mol. The molecule has 2 rings (SSSR count). The molecule has 2 unspecified atom stereocenters. The van der Waals surface area contributed by atoms with Crippen LogP contribution in [0.2, 0.25) is 0 Å². The number of H-pyrrole nitrogens is 1. The van der Waals surface area contributed by atoms with Crippen molar-refractivity contribution in [1.29, 1.82) is 0 Å². The summed E-state index contributed by atoms with van der Waals surface area (Å²) in [5.41, 5.74) is -3.36. The molecule has 0 saturated heterocycles. The Morgan fingerprint density at radius 3 is 2.54 bits per heavy atom. The highest BCUT2D eigenvalue weighted by molar-refractivity contribution is 7.91. The largest absolute Gasteiger partial charge is 0.592 e. The zero-order valence-electron chi connectivity index (χ0n) is 14.3. The van der Waals surface area contributed by atoms with E-state index >= 15 is 0 Å². The summed E-state index contributed by atoms with van der Waals surface area (Å²) < 4.78 is 57.4. The Hall–Kier alpha value is -1.98. The number of aromatic amines is 1. The average molecular weight is 393 g/mol. The van der Waals surface area contributed by atoms with E-state index in [2.05, 4.69) is 9.82 Å². The van der Waals surface area contributed by atoms with E-state index in [1.165, 1.54) is 13.4 Å². The molecule has 0 amide bonds. The number of nitrogens with one attached hydrogen (secondary N) is 2. The van der Waals surface area contributed by atoms with Crippen LogP contribution in [-0.2, 0) is 22.3 Å². The fourth-order valence-electron chi connectivity index (χ4n) is 2.67. The van der Waals surface area contributed by atoms with E-state index < -0.39 is 40.5 Å². The topological polar surface area (TPSA) is 99.2 Å². The molecule has 0 bridgehead atoms. The molecular weight excluding hydrogens is 375 g/mol. The molecule has 26 heavy (non-hydrogen) atoms. The van der Waals surface area contributed by atoms with E-state index in [0.717, 1.165) is 12.1 Å². The number of fused-ring (bicyclic) bond motifs is 1. The average Bonchev–Trinajstić information content (AvgIpc) is 2.54. The van der Waals surface area contributed by atoms with Crippen LogP contribution in [0.4, 0.5) is 13.2 Å². The number of alkyl halides is 3. The van der Waals surface area contributed by atoms with Crippen LogP contribution in [0.15, 0.2) is 21.7 Å². The van der Waals surface area contributed by atoms with Crippen molar-refractivity contribution < 1.29 is 22.5 Å². The van der Waals surface area contributed by atoms with Crippen LogP contribution >= 0.6 is 0 Å². The van der Waals surface area contributed by atoms with Gasteiger partial charge in [0.2, 0.25) is 0 Å². The molecule has 0 spiro atoms. The Balaban J connectivity index is 2.84. The van der Waals surface area contributed by atoms with Crippen LogP contribution in [0, 0.1) is 0 Å². The van der Waals surface area contributed by atoms with Gasteiger partial charge in [-0.3, -0.25) is 4.79 Å². The zero-order chi connectivity index (χ0) is 19.6. The molecule has 11 heteroatoms. The summed E-state index contributed by atoms with van der Waals surface area (Å²) >= 11 is -1.73. The maximum Gasteiger partial charge on any atom is 0.416 e. The summed E-state index contributed by atoms with van der Waals surface area (Å²) in [6.07, 6.45) is -3.46. The van der Waals surface area contributed by atoms with Gasteiger partial charge in [-0.25, -0.2) is 4.79 Å². The quantitative estimate of drug-likeness (QED) is 0.732. The first-order valence-electron chi connectivity index (χ1n) is 7.63. The van der Waals surface area contributed by atoms with E-state index in [1.54, 1.807) is 6.92 Å². The number of hydrogen-bond acceptors (Lipinski definition) is 5. The smallest absolute Gasteiger partial charge is 0.416 e. The van der Waals surface area contributed by atoms with Gasteiger partial charge in [0.15, 0.2) is 0 Å². The summed E-state index contributed by atoms with van der Waals surface area (Å²) in [4.78, 5) is 28.8. The third-order valence-electron chi connectivity index (χ3n) is 3.78. The summed E-state index contributed by atoms with van der Waals surface area (Å²) in [6.45, 7) is 1.80. The monoisotopic (exact) mass is 393 g/mol. The van der Waals surface area contributed by atoms with Crippen molar-refractivity contribution in [3.05, 3.63) is 44.1 Å². The number of ether oxygens (including phenoxy) is 1. The lowest BCUT2D eigenvalue weighted by Gasteiger charge is -2.21. The van der Waals surface area contributed by atoms with Crippen molar-refractivity contribution >= 4 is 22.3 Å². The number of rotatable bonds is 6. The fourth-order valence-corrected chi connectivity index (χ4v) is 3.09. The first-order chi connectivity index (χ1) is 12.1. The molecule has 1 heterocycles. The molecule has 0 saturated carbocycles. The normalized spacial score (nSPS) is 14.4. The number of halogens is 3. The van der Waals surface area contributed by atoms with Crippen molar-refractivity contribution in [1.82, 2.24) is 9.66 Å². The predicted octanol–water partition coefficient (Wildman–Crippen LogP) is 2.03. The molecule has 2 N–H and O–H groups in total. The first-order valence-corrected chi connectivity index (χ1v) is 9.19. The van der Waals surface area contributed by atoms with Gasteiger partial charge in [0, 0.05) is 7.11 Å². The third-order valence-corrected chi connectivity index (χ3v) is 4.22. The zero-order valence-corrected chi connectivity index (χ0v) is 15.1. The van der Waals surface area contributed by atoms with E-state index in [1.807, 2.05) is 0 Å². The van der Waals surface area contributed by atoms with Crippen molar-refractivity contribution in [3.63, 3.8) is 0 Å². The third kappa shape index (κ3) is 4.05. The van der Waals surface area contributed by atoms with Crippen LogP contribution in [0.3, 0.4) is 0 Å². The second-order valence-corrected chi connectivity index (χ2v) is 6.70. The lowest BCUT2D eigenvalue weighted by atomic mass is 9.96. The van der Waals surface area contributed by atoms with Crippen LogP contribution in [0.25, 0.3) is 10.9 Å². The SMILES string of the molecule is CCCC(OC)c1cc2c(=O)n(N[S+](C)[O-])c(=O)[nH]c2cc1C(F)(F)F. The molecule has 144 valence electrons. The highest BCUT2D eigenvalue weighted by atomic mass is 32.2. The number of methoxy groups -OCH3 is 1. The molecule has 0 fully saturated rings. The second-order valence-electron chi connectivity index (χ2n) is 5.61. The fraction of sp³-hybridized carbons (Fsp3) is 0.467. The van der Waals surface area contributed by atoms with Gasteiger partial charge in [-0.1, -0.05) is 13.3 Å². The van der Waals surface area contributed by atoms with Crippen molar-refractivity contribution in [2.45, 2.75) is 32.0 Å². The van der Waals surface area contributed by atoms with Gasteiger partial charge in [-0.05, 0) is 24.1 Å². The molecule has 0 aliphatic rings. The molecule has 0 radical (unpaired) electrons. The van der Waals surface area contributed by atoms with Crippen LogP contribution in [0.1, 0.15) is 37.0 Å². The highest BCUT2D eigenvalue weighted by Gasteiger charge is 2.36. The molecule has 7 nitrogen and oxygen atoms in total. The molecule has 2 atom stereocenters. The van der Waals surface area contributed by atoms with Gasteiger partial charge in [0.25, 0.3) is 5.56 Å². The van der Waals surface area contributed by atoms with Gasteiger partial charge in [-0.15, -0.1) is 9.51 Å². The molecule has 2 aromatic rings. The number of benzene rings is 1. The second kappa shape index (κ2) is 7.72. The Labute approximate surface area is 149 Å². The minimum absolute atomic E-state index is 0.149. The standard InChI is InChI=1S/C15H18F3N3O4S/c1-4-5-12(25-2)8-6-9-11(7-10(8)15(16,17)18)19-14(23)21(13(9)22)20-26(3)24/h6-7,12,20H,4-5H2,1-3H3,(H,19,23). The highest BCUT2D eigenvalue weighted by Crippen LogP contribution is 2.38. The van der Waals surface area contributed by atoms with Gasteiger partial charge >= 0.3 is 11.9 Å². The van der Waals surface area contributed by atoms with E-state index in [-0.39, 0.29) is 16.5 Å². The minimum atomic E-state index is -4.69. The maximum absolute atomic E-state index is 13.5. The van der Waals surface area contributed by atoms with E-state index in [4.69, 9.17) is 4.74 Å². The molecule has 0 aliphatic carbocycles. The molecule has 1 aromatic carbocycles. The Morgan fingerprint density at radius 1 is 1.38 bits per heavy atom.